The minimum Gasteiger partial charge on any atom is -0.482 e. The van der Waals surface area contributed by atoms with E-state index < -0.39 is 0 Å². The predicted molar refractivity (Wildman–Crippen MR) is 104 cm³/mol. The van der Waals surface area contributed by atoms with Crippen LogP contribution in [0.4, 0.5) is 0 Å². The fourth-order valence-corrected chi connectivity index (χ4v) is 3.85. The van der Waals surface area contributed by atoms with Crippen molar-refractivity contribution in [3.63, 3.8) is 0 Å². The van der Waals surface area contributed by atoms with Gasteiger partial charge in [-0.25, -0.2) is 0 Å². The van der Waals surface area contributed by atoms with Gasteiger partial charge in [0.25, 0.3) is 5.91 Å². The Bertz CT molecular complexity index is 778. The number of benzene rings is 2. The second-order valence-electron chi connectivity index (χ2n) is 6.39. The van der Waals surface area contributed by atoms with Gasteiger partial charge in [-0.15, -0.1) is 0 Å². The van der Waals surface area contributed by atoms with Gasteiger partial charge in [0.05, 0.1) is 11.1 Å². The molecule has 0 spiro atoms. The van der Waals surface area contributed by atoms with Crippen LogP contribution in [-0.4, -0.2) is 12.5 Å². The fraction of sp³-hybridized carbons (Fsp3) is 0.350. The van der Waals surface area contributed by atoms with E-state index in [0.717, 1.165) is 22.9 Å². The Labute approximate surface area is 161 Å². The molecule has 2 aromatic carbocycles. The van der Waals surface area contributed by atoms with E-state index in [-0.39, 0.29) is 18.6 Å². The van der Waals surface area contributed by atoms with Crippen molar-refractivity contribution in [3.8, 4) is 5.75 Å². The Morgan fingerprint density at radius 2 is 1.96 bits per heavy atom. The summed E-state index contributed by atoms with van der Waals surface area (Å²) in [4.78, 5) is 12.2. The lowest BCUT2D eigenvalue weighted by molar-refractivity contribution is -0.123. The molecule has 1 aliphatic rings. The summed E-state index contributed by atoms with van der Waals surface area (Å²) in [5.74, 6) is 0.339. The summed E-state index contributed by atoms with van der Waals surface area (Å²) >= 11 is 9.44. The number of carbonyl (C=O) groups excluding carboxylic acids is 1. The van der Waals surface area contributed by atoms with Crippen LogP contribution in [0.5, 0.6) is 5.75 Å². The largest absolute Gasteiger partial charge is 0.482 e. The smallest absolute Gasteiger partial charge is 0.258 e. The molecule has 1 N–H and O–H groups in total. The predicted octanol–water partition coefficient (Wildman–Crippen LogP) is 5.24. The van der Waals surface area contributed by atoms with E-state index in [9.17, 15) is 4.79 Å². The highest BCUT2D eigenvalue weighted by atomic mass is 79.9. The molecule has 3 nitrogen and oxygen atoms in total. The summed E-state index contributed by atoms with van der Waals surface area (Å²) in [6.07, 6.45) is 4.82. The number of aryl methyl sites for hydroxylation is 2. The lowest BCUT2D eigenvalue weighted by atomic mass is 9.89. The number of fused-ring (bicyclic) bond motifs is 1. The zero-order valence-electron chi connectivity index (χ0n) is 14.1. The molecule has 0 aliphatic heterocycles. The minimum atomic E-state index is -0.163. The zero-order valence-corrected chi connectivity index (χ0v) is 16.5. The molecule has 0 saturated heterocycles. The molecule has 1 amide bonds. The molecule has 0 saturated carbocycles. The maximum absolute atomic E-state index is 12.2. The number of amides is 1. The average Bonchev–Trinajstić information content (AvgIpc) is 2.60. The molecule has 0 fully saturated rings. The second-order valence-corrected chi connectivity index (χ2v) is 7.71. The van der Waals surface area contributed by atoms with Crippen molar-refractivity contribution in [2.45, 2.75) is 38.6 Å². The normalized spacial score (nSPS) is 14.5. The van der Waals surface area contributed by atoms with Crippen molar-refractivity contribution in [1.29, 1.82) is 0 Å². The van der Waals surface area contributed by atoms with Gasteiger partial charge in [0.1, 0.15) is 5.75 Å². The molecule has 0 bridgehead atoms. The number of nitrogens with one attached hydrogen (secondary N) is 1. The summed E-state index contributed by atoms with van der Waals surface area (Å²) in [5, 5.41) is 3.46. The van der Waals surface area contributed by atoms with Gasteiger partial charge < -0.3 is 10.1 Å². The lowest BCUT2D eigenvalue weighted by Crippen LogP contribution is -2.31. The van der Waals surface area contributed by atoms with E-state index in [1.165, 1.54) is 24.0 Å². The molecule has 2 aromatic rings. The van der Waals surface area contributed by atoms with Crippen LogP contribution in [-0.2, 0) is 17.6 Å². The van der Waals surface area contributed by atoms with E-state index in [4.69, 9.17) is 16.3 Å². The van der Waals surface area contributed by atoms with Gasteiger partial charge in [-0.3, -0.25) is 4.79 Å². The highest BCUT2D eigenvalue weighted by Gasteiger charge is 2.14. The van der Waals surface area contributed by atoms with Crippen molar-refractivity contribution >= 4 is 33.4 Å². The average molecular weight is 423 g/mol. The van der Waals surface area contributed by atoms with Crippen LogP contribution in [0.3, 0.4) is 0 Å². The zero-order chi connectivity index (χ0) is 17.8. The van der Waals surface area contributed by atoms with Crippen molar-refractivity contribution in [1.82, 2.24) is 5.32 Å². The summed E-state index contributed by atoms with van der Waals surface area (Å²) < 4.78 is 6.39. The molecule has 0 heterocycles. The summed E-state index contributed by atoms with van der Waals surface area (Å²) in [5.41, 5.74) is 4.00. The van der Waals surface area contributed by atoms with Crippen molar-refractivity contribution in [3.05, 3.63) is 62.6 Å². The SMILES string of the molecule is C[C@H](NC(=O)COc1ccc(Br)cc1Cl)c1ccc2c(c1)CCCC2. The molecule has 132 valence electrons. The van der Waals surface area contributed by atoms with Gasteiger partial charge in [0.15, 0.2) is 6.61 Å². The number of halogens is 2. The number of rotatable bonds is 5. The standard InChI is InChI=1S/C20H21BrClNO2/c1-13(15-7-6-14-4-2-3-5-16(14)10-15)23-20(24)12-25-19-9-8-17(21)11-18(19)22/h6-11,13H,2-5,12H2,1H3,(H,23,24)/t13-/m0/s1. The monoisotopic (exact) mass is 421 g/mol. The summed E-state index contributed by atoms with van der Waals surface area (Å²) in [7, 11) is 0. The van der Waals surface area contributed by atoms with Crippen LogP contribution in [0.1, 0.15) is 42.5 Å². The molecular weight excluding hydrogens is 402 g/mol. The Morgan fingerprint density at radius 1 is 1.20 bits per heavy atom. The summed E-state index contributed by atoms with van der Waals surface area (Å²) in [6, 6.07) is 11.8. The van der Waals surface area contributed by atoms with Gasteiger partial charge in [0.2, 0.25) is 0 Å². The lowest BCUT2D eigenvalue weighted by Gasteiger charge is -2.20. The van der Waals surface area contributed by atoms with Gasteiger partial charge >= 0.3 is 0 Å². The molecule has 1 atom stereocenters. The van der Waals surface area contributed by atoms with E-state index in [1.54, 1.807) is 12.1 Å². The summed E-state index contributed by atoms with van der Waals surface area (Å²) in [6.45, 7) is 1.94. The third kappa shape index (κ3) is 4.77. The highest BCUT2D eigenvalue weighted by molar-refractivity contribution is 9.10. The van der Waals surface area contributed by atoms with E-state index >= 15 is 0 Å². The molecule has 0 radical (unpaired) electrons. The number of ether oxygens (including phenoxy) is 1. The van der Waals surface area contributed by atoms with Crippen LogP contribution in [0.2, 0.25) is 5.02 Å². The van der Waals surface area contributed by atoms with Crippen LogP contribution in [0.15, 0.2) is 40.9 Å². The topological polar surface area (TPSA) is 38.3 Å². The first-order valence-corrected chi connectivity index (χ1v) is 9.69. The Hall–Kier alpha value is -1.52. The molecule has 5 heteroatoms. The van der Waals surface area contributed by atoms with Crippen LogP contribution >= 0.6 is 27.5 Å². The first-order chi connectivity index (χ1) is 12.0. The maximum atomic E-state index is 12.2. The Morgan fingerprint density at radius 3 is 2.72 bits per heavy atom. The van der Waals surface area contributed by atoms with Crippen LogP contribution < -0.4 is 10.1 Å². The van der Waals surface area contributed by atoms with E-state index in [2.05, 4.69) is 39.4 Å². The Balaban J connectivity index is 1.57. The van der Waals surface area contributed by atoms with Crippen LogP contribution in [0, 0.1) is 0 Å². The van der Waals surface area contributed by atoms with E-state index in [0.29, 0.717) is 10.8 Å². The minimum absolute atomic E-state index is 0.0521. The van der Waals surface area contributed by atoms with Crippen molar-refractivity contribution in [2.75, 3.05) is 6.61 Å². The molecule has 0 unspecified atom stereocenters. The highest BCUT2D eigenvalue weighted by Crippen LogP contribution is 2.28. The molecule has 3 rings (SSSR count). The van der Waals surface area contributed by atoms with E-state index in [1.807, 2.05) is 13.0 Å². The van der Waals surface area contributed by atoms with Gasteiger partial charge in [0, 0.05) is 4.47 Å². The first-order valence-electron chi connectivity index (χ1n) is 8.52. The van der Waals surface area contributed by atoms with Crippen LogP contribution in [0.25, 0.3) is 0 Å². The molecule has 1 aliphatic carbocycles. The molecule has 25 heavy (non-hydrogen) atoms. The quantitative estimate of drug-likeness (QED) is 0.716. The van der Waals surface area contributed by atoms with Crippen molar-refractivity contribution < 1.29 is 9.53 Å². The molecular formula is C20H21BrClNO2. The molecule has 0 aromatic heterocycles. The number of hydrogen-bond acceptors (Lipinski definition) is 2. The Kier molecular flexibility index (Phi) is 6.02. The maximum Gasteiger partial charge on any atom is 0.258 e. The number of carbonyl (C=O) groups is 1. The third-order valence-corrected chi connectivity index (χ3v) is 5.29. The number of hydrogen-bond donors (Lipinski definition) is 1. The van der Waals surface area contributed by atoms with Gasteiger partial charge in [-0.2, -0.15) is 0 Å². The van der Waals surface area contributed by atoms with Gasteiger partial charge in [-0.1, -0.05) is 45.7 Å². The first kappa shape index (κ1) is 18.3. The van der Waals surface area contributed by atoms with Crippen molar-refractivity contribution in [2.24, 2.45) is 0 Å². The third-order valence-electron chi connectivity index (χ3n) is 4.50. The second kappa shape index (κ2) is 8.24. The fourth-order valence-electron chi connectivity index (χ4n) is 3.12. The van der Waals surface area contributed by atoms with Gasteiger partial charge in [-0.05, 0) is 67.5 Å².